The van der Waals surface area contributed by atoms with E-state index >= 15 is 0 Å². The van der Waals surface area contributed by atoms with Crippen LogP contribution in [-0.4, -0.2) is 35.5 Å². The van der Waals surface area contributed by atoms with Crippen LogP contribution in [-0.2, 0) is 11.3 Å². The number of thiazole rings is 1. The third kappa shape index (κ3) is 6.38. The summed E-state index contributed by atoms with van der Waals surface area (Å²) in [6.07, 6.45) is 5.42. The number of hydrogen-bond donors (Lipinski definition) is 1. The van der Waals surface area contributed by atoms with Crippen molar-refractivity contribution in [3.05, 3.63) is 47.0 Å². The number of nitrogens with one attached hydrogen (secondary N) is 1. The van der Waals surface area contributed by atoms with E-state index in [4.69, 9.17) is 0 Å². The molecule has 0 saturated carbocycles. The van der Waals surface area contributed by atoms with Crippen LogP contribution in [0.25, 0.3) is 6.08 Å². The van der Waals surface area contributed by atoms with E-state index in [0.29, 0.717) is 10.7 Å². The number of likely N-dealkylation sites (tertiary alicyclic amines) is 1. The molecule has 1 aliphatic heterocycles. The molecule has 0 atom stereocenters. The lowest BCUT2D eigenvalue weighted by molar-refractivity contribution is -0.111. The molecule has 1 fully saturated rings. The average molecular weight is 407 g/mol. The highest BCUT2D eigenvalue weighted by molar-refractivity contribution is 7.13. The number of halogens is 2. The first-order valence-corrected chi connectivity index (χ1v) is 10.1. The predicted octanol–water partition coefficient (Wildman–Crippen LogP) is 4.63. The molecule has 2 aromatic rings. The third-order valence-electron chi connectivity index (χ3n) is 4.58. The number of amides is 1. The Kier molecular flexibility index (Phi) is 7.11. The van der Waals surface area contributed by atoms with Crippen LogP contribution < -0.4 is 10.1 Å². The van der Waals surface area contributed by atoms with E-state index in [9.17, 15) is 13.6 Å². The van der Waals surface area contributed by atoms with Crippen molar-refractivity contribution in [2.75, 3.05) is 18.4 Å². The van der Waals surface area contributed by atoms with E-state index in [-0.39, 0.29) is 11.7 Å². The molecule has 1 N–H and O–H groups in total. The van der Waals surface area contributed by atoms with Gasteiger partial charge in [-0.2, -0.15) is 8.78 Å². The fraction of sp³-hybridized carbons (Fsp3) is 0.400. The molecule has 28 heavy (non-hydrogen) atoms. The van der Waals surface area contributed by atoms with Gasteiger partial charge in [0, 0.05) is 18.0 Å². The molecule has 0 spiro atoms. The highest BCUT2D eigenvalue weighted by Crippen LogP contribution is 2.21. The van der Waals surface area contributed by atoms with Gasteiger partial charge in [-0.1, -0.05) is 19.1 Å². The lowest BCUT2D eigenvalue weighted by Crippen LogP contribution is -2.32. The lowest BCUT2D eigenvalue weighted by atomic mass is 9.99. The molecule has 0 aliphatic carbocycles. The van der Waals surface area contributed by atoms with Crippen LogP contribution in [0.3, 0.4) is 0 Å². The minimum atomic E-state index is -2.85. The van der Waals surface area contributed by atoms with Crippen LogP contribution in [0.15, 0.2) is 35.7 Å². The van der Waals surface area contributed by atoms with Gasteiger partial charge in [-0.25, -0.2) is 4.98 Å². The predicted molar refractivity (Wildman–Crippen MR) is 107 cm³/mol. The maximum Gasteiger partial charge on any atom is 0.387 e. The van der Waals surface area contributed by atoms with E-state index in [0.717, 1.165) is 31.2 Å². The summed E-state index contributed by atoms with van der Waals surface area (Å²) < 4.78 is 28.6. The Morgan fingerprint density at radius 1 is 1.36 bits per heavy atom. The highest BCUT2D eigenvalue weighted by Gasteiger charge is 2.16. The quantitative estimate of drug-likeness (QED) is 0.680. The summed E-state index contributed by atoms with van der Waals surface area (Å²) in [5, 5.41) is 5.29. The van der Waals surface area contributed by atoms with Crippen LogP contribution in [0.5, 0.6) is 5.75 Å². The number of aromatic nitrogens is 1. The zero-order chi connectivity index (χ0) is 19.9. The second-order valence-electron chi connectivity index (χ2n) is 6.87. The van der Waals surface area contributed by atoms with Gasteiger partial charge in [0.25, 0.3) is 0 Å². The molecule has 0 bridgehead atoms. The fourth-order valence-electron chi connectivity index (χ4n) is 2.97. The number of piperidine rings is 1. The molecule has 2 heterocycles. The van der Waals surface area contributed by atoms with Gasteiger partial charge in [-0.3, -0.25) is 15.0 Å². The topological polar surface area (TPSA) is 54.5 Å². The van der Waals surface area contributed by atoms with Gasteiger partial charge < -0.3 is 4.74 Å². The van der Waals surface area contributed by atoms with Crippen molar-refractivity contribution in [2.24, 2.45) is 5.92 Å². The fourth-order valence-corrected chi connectivity index (χ4v) is 3.67. The monoisotopic (exact) mass is 407 g/mol. The number of carbonyl (C=O) groups excluding carboxylic acids is 1. The molecule has 3 rings (SSSR count). The number of alkyl halides is 2. The van der Waals surface area contributed by atoms with Crippen molar-refractivity contribution in [1.29, 1.82) is 0 Å². The molecule has 0 radical (unpaired) electrons. The van der Waals surface area contributed by atoms with Crippen LogP contribution in [0.1, 0.15) is 31.0 Å². The van der Waals surface area contributed by atoms with Crippen molar-refractivity contribution in [3.8, 4) is 5.75 Å². The van der Waals surface area contributed by atoms with Crippen LogP contribution in [0.4, 0.5) is 13.9 Å². The lowest BCUT2D eigenvalue weighted by Gasteiger charge is -2.29. The number of rotatable bonds is 7. The summed E-state index contributed by atoms with van der Waals surface area (Å²) >= 11 is 1.41. The molecular formula is C20H23F2N3O2S. The zero-order valence-corrected chi connectivity index (χ0v) is 16.4. The summed E-state index contributed by atoms with van der Waals surface area (Å²) in [4.78, 5) is 18.9. The van der Waals surface area contributed by atoms with Gasteiger partial charge in [-0.05, 0) is 55.6 Å². The molecule has 1 amide bonds. The minimum absolute atomic E-state index is 0.0788. The molecule has 1 aromatic heterocycles. The number of benzene rings is 1. The number of hydrogen-bond acceptors (Lipinski definition) is 5. The van der Waals surface area contributed by atoms with Gasteiger partial charge in [0.2, 0.25) is 5.91 Å². The SMILES string of the molecule is CC1CCN(Cc2csc(NC(=O)C=Cc3ccc(OC(F)F)cc3)n2)CC1. The molecule has 1 aromatic carbocycles. The Balaban J connectivity index is 1.48. The van der Waals surface area contributed by atoms with Crippen molar-refractivity contribution >= 4 is 28.5 Å². The Morgan fingerprint density at radius 3 is 2.75 bits per heavy atom. The first kappa shape index (κ1) is 20.4. The smallest absolute Gasteiger partial charge is 0.387 e. The Hall–Kier alpha value is -2.32. The van der Waals surface area contributed by atoms with Crippen molar-refractivity contribution in [1.82, 2.24) is 9.88 Å². The van der Waals surface area contributed by atoms with Crippen molar-refractivity contribution in [3.63, 3.8) is 0 Å². The summed E-state index contributed by atoms with van der Waals surface area (Å²) in [6.45, 7) is 2.41. The Labute approximate surface area is 167 Å². The van der Waals surface area contributed by atoms with Crippen molar-refractivity contribution in [2.45, 2.75) is 32.9 Å². The van der Waals surface area contributed by atoms with Crippen LogP contribution in [0, 0.1) is 5.92 Å². The van der Waals surface area contributed by atoms with E-state index in [1.807, 2.05) is 5.38 Å². The number of anilines is 1. The second-order valence-corrected chi connectivity index (χ2v) is 7.73. The Morgan fingerprint density at radius 2 is 2.07 bits per heavy atom. The average Bonchev–Trinajstić information content (AvgIpc) is 3.09. The molecular weight excluding hydrogens is 384 g/mol. The maximum absolute atomic E-state index is 12.1. The van der Waals surface area contributed by atoms with Crippen LogP contribution in [0.2, 0.25) is 0 Å². The Bertz CT molecular complexity index is 800. The standard InChI is InChI=1S/C20H23F2N3O2S/c1-14-8-10-25(11-9-14)12-16-13-28-20(23-16)24-18(26)7-4-15-2-5-17(6-3-15)27-19(21)22/h2-7,13-14,19H,8-12H2,1H3,(H,23,24,26). The van der Waals surface area contributed by atoms with E-state index in [1.165, 1.54) is 42.4 Å². The number of ether oxygens (including phenoxy) is 1. The van der Waals surface area contributed by atoms with Gasteiger partial charge in [0.15, 0.2) is 5.13 Å². The van der Waals surface area contributed by atoms with Crippen LogP contribution >= 0.6 is 11.3 Å². The summed E-state index contributed by atoms with van der Waals surface area (Å²) in [5.41, 5.74) is 1.67. The summed E-state index contributed by atoms with van der Waals surface area (Å²) in [5.74, 6) is 0.581. The molecule has 1 saturated heterocycles. The number of nitrogens with zero attached hydrogens (tertiary/aromatic N) is 2. The van der Waals surface area contributed by atoms with E-state index in [2.05, 4.69) is 26.9 Å². The molecule has 5 nitrogen and oxygen atoms in total. The first-order valence-electron chi connectivity index (χ1n) is 9.18. The normalized spacial score (nSPS) is 16.0. The number of carbonyl (C=O) groups is 1. The largest absolute Gasteiger partial charge is 0.435 e. The maximum atomic E-state index is 12.1. The van der Waals surface area contributed by atoms with Gasteiger partial charge >= 0.3 is 6.61 Å². The first-order chi connectivity index (χ1) is 13.5. The van der Waals surface area contributed by atoms with E-state index < -0.39 is 6.61 Å². The second kappa shape index (κ2) is 9.75. The third-order valence-corrected chi connectivity index (χ3v) is 5.38. The minimum Gasteiger partial charge on any atom is -0.435 e. The molecule has 0 unspecified atom stereocenters. The van der Waals surface area contributed by atoms with Crippen molar-refractivity contribution < 1.29 is 18.3 Å². The van der Waals surface area contributed by atoms with Gasteiger partial charge in [-0.15, -0.1) is 11.3 Å². The van der Waals surface area contributed by atoms with Gasteiger partial charge in [0.05, 0.1) is 5.69 Å². The van der Waals surface area contributed by atoms with Gasteiger partial charge in [0.1, 0.15) is 5.75 Å². The molecule has 1 aliphatic rings. The highest BCUT2D eigenvalue weighted by atomic mass is 32.1. The van der Waals surface area contributed by atoms with E-state index in [1.54, 1.807) is 18.2 Å². The summed E-state index contributed by atoms with van der Waals surface area (Å²) in [7, 11) is 0. The molecule has 8 heteroatoms. The molecule has 150 valence electrons. The summed E-state index contributed by atoms with van der Waals surface area (Å²) in [6, 6.07) is 6.06. The zero-order valence-electron chi connectivity index (χ0n) is 15.6.